The van der Waals surface area contributed by atoms with Crippen LogP contribution in [0.2, 0.25) is 0 Å². The molecule has 8 aromatic rings. The van der Waals surface area contributed by atoms with E-state index in [1.165, 1.54) is 22.3 Å². The fourth-order valence-electron chi connectivity index (χ4n) is 8.53. The predicted octanol–water partition coefficient (Wildman–Crippen LogP) is 15.2. The van der Waals surface area contributed by atoms with Gasteiger partial charge in [-0.25, -0.2) is 4.98 Å². The van der Waals surface area contributed by atoms with Crippen molar-refractivity contribution in [2.75, 3.05) is 9.80 Å². The summed E-state index contributed by atoms with van der Waals surface area (Å²) in [6.07, 6.45) is 1.92. The van der Waals surface area contributed by atoms with Crippen LogP contribution in [-0.4, -0.2) is 9.55 Å². The first-order valence-corrected chi connectivity index (χ1v) is 21.8. The summed E-state index contributed by atoms with van der Waals surface area (Å²) >= 11 is 0. The van der Waals surface area contributed by atoms with Crippen molar-refractivity contribution in [2.45, 2.75) is 97.8 Å². The maximum absolute atomic E-state index is 6.86. The van der Waals surface area contributed by atoms with Crippen molar-refractivity contribution in [3.63, 3.8) is 0 Å². The zero-order valence-electron chi connectivity index (χ0n) is 38.4. The van der Waals surface area contributed by atoms with Crippen LogP contribution >= 0.6 is 0 Å². The van der Waals surface area contributed by atoms with E-state index in [9.17, 15) is 0 Å². The van der Waals surface area contributed by atoms with Crippen LogP contribution in [0.1, 0.15) is 104 Å². The molecule has 0 radical (unpaired) electrons. The summed E-state index contributed by atoms with van der Waals surface area (Å²) in [4.78, 5) is 9.54. The average Bonchev–Trinajstić information content (AvgIpc) is 3.79. The van der Waals surface area contributed by atoms with Gasteiger partial charge in [0.25, 0.3) is 0 Å². The van der Waals surface area contributed by atoms with Crippen molar-refractivity contribution in [1.29, 1.82) is 0 Å². The van der Waals surface area contributed by atoms with E-state index in [1.807, 2.05) is 12.3 Å². The number of hydrogen-bond donors (Lipinski definition) is 0. The van der Waals surface area contributed by atoms with E-state index in [-0.39, 0.29) is 42.7 Å². The van der Waals surface area contributed by atoms with Crippen molar-refractivity contribution in [2.24, 2.45) is 0 Å². The van der Waals surface area contributed by atoms with E-state index in [0.717, 1.165) is 55.9 Å². The Morgan fingerprint density at radius 2 is 1.19 bits per heavy atom. The average molecular weight is 1010 g/mol. The normalized spacial score (nSPS) is 13.4. The zero-order chi connectivity index (χ0) is 43.8. The molecule has 5 nitrogen and oxygen atoms in total. The van der Waals surface area contributed by atoms with Crippen LogP contribution in [-0.2, 0) is 42.7 Å². The van der Waals surface area contributed by atoms with Crippen LogP contribution in [0.15, 0.2) is 140 Å². The third-order valence-electron chi connectivity index (χ3n) is 12.5. The van der Waals surface area contributed by atoms with E-state index in [1.54, 1.807) is 0 Å². The Kier molecular flexibility index (Phi) is 11.3. The molecule has 3 heterocycles. The molecule has 0 bridgehead atoms. The minimum absolute atomic E-state index is 0. The fourth-order valence-corrected chi connectivity index (χ4v) is 8.53. The summed E-state index contributed by atoms with van der Waals surface area (Å²) in [6, 6.07) is 55.2. The minimum Gasteiger partial charge on any atom is -0.509 e. The molecule has 6 heteroatoms. The third kappa shape index (κ3) is 8.33. The SMILES string of the molecule is CC(C)(C)c1cc(Oc2[c-]c3c(cc2)c2ccccc2n3-c2cc(C(C)(C)c3ccccc3)ccn2)[c-]c(N2[CH-]N(c3cccc(C(C)(C)C)c3)c3cc(C(C)(C)C)ccc32)c1.[Pt]. The zero-order valence-corrected chi connectivity index (χ0v) is 40.6. The van der Waals surface area contributed by atoms with E-state index in [0.29, 0.717) is 11.5 Å². The number of ether oxygens (including phenoxy) is 1. The van der Waals surface area contributed by atoms with Gasteiger partial charge in [-0.2, -0.15) is 6.07 Å². The van der Waals surface area contributed by atoms with E-state index < -0.39 is 0 Å². The second-order valence-electron chi connectivity index (χ2n) is 20.4. The van der Waals surface area contributed by atoms with Crippen LogP contribution in [0.5, 0.6) is 11.5 Å². The summed E-state index contributed by atoms with van der Waals surface area (Å²) in [5, 5.41) is 2.22. The number of nitrogens with zero attached hydrogens (tertiary/aromatic N) is 4. The standard InChI is InChI=1S/C57H57N4O.Pt/c1-54(2,3)39-20-17-21-43(30-39)59-37-60(50-27-24-40(33-52(50)59)55(4,5)6)44-31-42(56(7,8)9)32-46(35-44)62-45-25-26-48-47-22-15-16-23-49(47)61(51(48)36-45)53-34-41(28-29-58-53)57(10,11)38-18-13-12-14-19-38;/h12-34,37H,1-11H3;/q-3;. The molecular formula is C57H57N4OPt-3. The van der Waals surface area contributed by atoms with Gasteiger partial charge in [-0.15, -0.1) is 53.6 Å². The topological polar surface area (TPSA) is 33.5 Å². The molecule has 0 N–H and O–H groups in total. The van der Waals surface area contributed by atoms with Gasteiger partial charge < -0.3 is 19.1 Å². The van der Waals surface area contributed by atoms with Crippen molar-refractivity contribution in [3.05, 3.63) is 186 Å². The largest absolute Gasteiger partial charge is 0.509 e. The van der Waals surface area contributed by atoms with Gasteiger partial charge in [0.1, 0.15) is 5.82 Å². The van der Waals surface area contributed by atoms with Crippen LogP contribution in [0.3, 0.4) is 0 Å². The van der Waals surface area contributed by atoms with Crippen LogP contribution in [0.4, 0.5) is 22.7 Å². The molecule has 9 rings (SSSR count). The number of anilines is 4. The number of benzene rings is 6. The summed E-state index contributed by atoms with van der Waals surface area (Å²) in [5.74, 6) is 2.08. The number of hydrogen-bond acceptors (Lipinski definition) is 4. The van der Waals surface area contributed by atoms with E-state index in [2.05, 4.69) is 237 Å². The molecule has 2 aromatic heterocycles. The van der Waals surface area contributed by atoms with E-state index >= 15 is 0 Å². The van der Waals surface area contributed by atoms with Crippen LogP contribution in [0, 0.1) is 18.8 Å². The molecule has 6 aromatic carbocycles. The molecule has 0 atom stereocenters. The Hall–Kier alpha value is -5.64. The van der Waals surface area contributed by atoms with Gasteiger partial charge in [0, 0.05) is 66.8 Å². The Balaban J connectivity index is 0.00000544. The molecule has 0 amide bonds. The number of aromatic nitrogens is 2. The molecule has 1 aliphatic heterocycles. The molecule has 324 valence electrons. The Morgan fingerprint density at radius 1 is 0.508 bits per heavy atom. The molecule has 1 aliphatic rings. The van der Waals surface area contributed by atoms with Gasteiger partial charge in [0.2, 0.25) is 0 Å². The Labute approximate surface area is 389 Å². The van der Waals surface area contributed by atoms with Gasteiger partial charge in [0.05, 0.1) is 0 Å². The fraction of sp³-hybridized carbons (Fsp3) is 0.263. The van der Waals surface area contributed by atoms with Crippen molar-refractivity contribution in [1.82, 2.24) is 9.55 Å². The molecule has 0 aliphatic carbocycles. The molecular weight excluding hydrogens is 952 g/mol. The van der Waals surface area contributed by atoms with Gasteiger partial charge >= 0.3 is 0 Å². The molecule has 0 fully saturated rings. The smallest absolute Gasteiger partial charge is 0.135 e. The second-order valence-corrected chi connectivity index (χ2v) is 20.4. The molecule has 0 spiro atoms. The van der Waals surface area contributed by atoms with Crippen LogP contribution in [0.25, 0.3) is 27.6 Å². The molecule has 0 unspecified atom stereocenters. The maximum atomic E-state index is 6.86. The van der Waals surface area contributed by atoms with Crippen molar-refractivity contribution >= 4 is 44.6 Å². The van der Waals surface area contributed by atoms with Gasteiger partial charge in [-0.3, -0.25) is 0 Å². The Bertz CT molecular complexity index is 2960. The number of para-hydroxylation sites is 1. The first-order chi connectivity index (χ1) is 29.4. The molecule has 0 saturated heterocycles. The quantitative estimate of drug-likeness (QED) is 0.149. The summed E-state index contributed by atoms with van der Waals surface area (Å²) in [6.45, 7) is 27.1. The summed E-state index contributed by atoms with van der Waals surface area (Å²) < 4.78 is 9.08. The van der Waals surface area contributed by atoms with Gasteiger partial charge in [-0.05, 0) is 86.3 Å². The van der Waals surface area contributed by atoms with Crippen LogP contribution < -0.4 is 14.5 Å². The van der Waals surface area contributed by atoms with Crippen molar-refractivity contribution < 1.29 is 25.8 Å². The van der Waals surface area contributed by atoms with Crippen molar-refractivity contribution in [3.8, 4) is 17.3 Å². The Morgan fingerprint density at radius 3 is 1.92 bits per heavy atom. The van der Waals surface area contributed by atoms with Gasteiger partial charge in [-0.1, -0.05) is 148 Å². The summed E-state index contributed by atoms with van der Waals surface area (Å²) in [7, 11) is 0. The van der Waals surface area contributed by atoms with E-state index in [4.69, 9.17) is 9.72 Å². The number of pyridine rings is 1. The second kappa shape index (κ2) is 16.2. The van der Waals surface area contributed by atoms with Gasteiger partial charge in [0.15, 0.2) is 0 Å². The third-order valence-corrected chi connectivity index (χ3v) is 12.5. The molecule has 0 saturated carbocycles. The maximum Gasteiger partial charge on any atom is 0.135 e. The minimum atomic E-state index is -0.225. The summed E-state index contributed by atoms with van der Waals surface area (Å²) in [5.41, 5.74) is 12.0. The molecule has 63 heavy (non-hydrogen) atoms. The first kappa shape index (κ1) is 44.0. The predicted molar refractivity (Wildman–Crippen MR) is 259 cm³/mol. The monoisotopic (exact) mass is 1010 g/mol. The number of fused-ring (bicyclic) bond motifs is 4. The number of rotatable bonds is 7. The first-order valence-electron chi connectivity index (χ1n) is 21.8.